The van der Waals surface area contributed by atoms with Crippen molar-refractivity contribution < 1.29 is 4.79 Å². The van der Waals surface area contributed by atoms with Crippen LogP contribution in [0.4, 0.5) is 0 Å². The van der Waals surface area contributed by atoms with E-state index in [4.69, 9.17) is 5.73 Å². The van der Waals surface area contributed by atoms with Gasteiger partial charge in [0, 0.05) is 12.6 Å². The quantitative estimate of drug-likeness (QED) is 0.733. The van der Waals surface area contributed by atoms with Crippen LogP contribution in [-0.2, 0) is 4.79 Å². The molecular formula is C11H24N2O. The van der Waals surface area contributed by atoms with E-state index in [-0.39, 0.29) is 23.9 Å². The minimum Gasteiger partial charge on any atom is -0.339 e. The summed E-state index contributed by atoms with van der Waals surface area (Å²) in [7, 11) is 0. The van der Waals surface area contributed by atoms with Crippen LogP contribution in [0.25, 0.3) is 0 Å². The second-order valence-corrected chi connectivity index (χ2v) is 4.40. The first-order valence-corrected chi connectivity index (χ1v) is 5.47. The van der Waals surface area contributed by atoms with Crippen molar-refractivity contribution in [2.45, 2.75) is 53.1 Å². The molecule has 0 heterocycles. The van der Waals surface area contributed by atoms with Crippen molar-refractivity contribution in [2.24, 2.45) is 11.7 Å². The van der Waals surface area contributed by atoms with Gasteiger partial charge in [0.05, 0.1) is 6.04 Å². The third-order valence-electron chi connectivity index (χ3n) is 2.37. The molecule has 0 aliphatic heterocycles. The average molecular weight is 200 g/mol. The van der Waals surface area contributed by atoms with Crippen LogP contribution in [0.1, 0.15) is 41.0 Å². The second kappa shape index (κ2) is 6.02. The van der Waals surface area contributed by atoms with Crippen LogP contribution in [0.3, 0.4) is 0 Å². The molecule has 1 amide bonds. The SMILES string of the molecule is CCCN(C(=O)[C@H](N)C(C)C)C(C)C. The predicted molar refractivity (Wildman–Crippen MR) is 60.0 cm³/mol. The molecule has 0 fully saturated rings. The Hall–Kier alpha value is -0.570. The standard InChI is InChI=1S/C11H24N2O/c1-6-7-13(9(4)5)11(14)10(12)8(2)3/h8-10H,6-7,12H2,1-5H3/t10-/m1/s1. The molecule has 3 nitrogen and oxygen atoms in total. The van der Waals surface area contributed by atoms with Gasteiger partial charge < -0.3 is 10.6 Å². The largest absolute Gasteiger partial charge is 0.339 e. The summed E-state index contributed by atoms with van der Waals surface area (Å²) in [5.41, 5.74) is 5.84. The summed E-state index contributed by atoms with van der Waals surface area (Å²) < 4.78 is 0. The number of nitrogens with zero attached hydrogens (tertiary/aromatic N) is 1. The van der Waals surface area contributed by atoms with E-state index < -0.39 is 0 Å². The van der Waals surface area contributed by atoms with Gasteiger partial charge >= 0.3 is 0 Å². The summed E-state index contributed by atoms with van der Waals surface area (Å²) >= 11 is 0. The first-order valence-electron chi connectivity index (χ1n) is 5.47. The fourth-order valence-electron chi connectivity index (χ4n) is 1.34. The van der Waals surface area contributed by atoms with Crippen LogP contribution in [0.5, 0.6) is 0 Å². The molecule has 2 N–H and O–H groups in total. The smallest absolute Gasteiger partial charge is 0.239 e. The highest BCUT2D eigenvalue weighted by Gasteiger charge is 2.24. The maximum atomic E-state index is 11.9. The highest BCUT2D eigenvalue weighted by atomic mass is 16.2. The molecule has 0 aliphatic carbocycles. The fourth-order valence-corrected chi connectivity index (χ4v) is 1.34. The van der Waals surface area contributed by atoms with Crippen LogP contribution in [0.2, 0.25) is 0 Å². The van der Waals surface area contributed by atoms with Crippen LogP contribution >= 0.6 is 0 Å². The second-order valence-electron chi connectivity index (χ2n) is 4.40. The van der Waals surface area contributed by atoms with Crippen LogP contribution in [0, 0.1) is 5.92 Å². The maximum absolute atomic E-state index is 11.9. The lowest BCUT2D eigenvalue weighted by molar-refractivity contribution is -0.135. The molecule has 0 rings (SSSR count). The Balaban J connectivity index is 4.43. The van der Waals surface area contributed by atoms with Crippen molar-refractivity contribution in [2.75, 3.05) is 6.54 Å². The Kier molecular flexibility index (Phi) is 5.77. The normalized spacial score (nSPS) is 13.4. The zero-order valence-corrected chi connectivity index (χ0v) is 10.1. The molecule has 0 aromatic rings. The van der Waals surface area contributed by atoms with E-state index in [1.54, 1.807) is 0 Å². The van der Waals surface area contributed by atoms with Gasteiger partial charge in [0.15, 0.2) is 0 Å². The van der Waals surface area contributed by atoms with E-state index in [2.05, 4.69) is 6.92 Å². The molecule has 0 unspecified atom stereocenters. The molecule has 0 bridgehead atoms. The van der Waals surface area contributed by atoms with E-state index in [9.17, 15) is 4.79 Å². The number of nitrogens with two attached hydrogens (primary N) is 1. The van der Waals surface area contributed by atoms with Crippen LogP contribution in [-0.4, -0.2) is 29.4 Å². The molecular weight excluding hydrogens is 176 g/mol. The van der Waals surface area contributed by atoms with E-state index >= 15 is 0 Å². The molecule has 3 heteroatoms. The Bertz CT molecular complexity index is 178. The fraction of sp³-hybridized carbons (Fsp3) is 0.909. The lowest BCUT2D eigenvalue weighted by atomic mass is 10.0. The van der Waals surface area contributed by atoms with E-state index in [1.807, 2.05) is 32.6 Å². The third kappa shape index (κ3) is 3.66. The molecule has 0 aliphatic rings. The maximum Gasteiger partial charge on any atom is 0.239 e. The molecule has 14 heavy (non-hydrogen) atoms. The predicted octanol–water partition coefficient (Wildman–Crippen LogP) is 1.62. The molecule has 0 radical (unpaired) electrons. The molecule has 1 atom stereocenters. The van der Waals surface area contributed by atoms with Crippen LogP contribution < -0.4 is 5.73 Å². The van der Waals surface area contributed by atoms with Crippen molar-refractivity contribution in [3.05, 3.63) is 0 Å². The Morgan fingerprint density at radius 3 is 2.07 bits per heavy atom. The number of amides is 1. The summed E-state index contributed by atoms with van der Waals surface area (Å²) in [5.74, 6) is 0.289. The highest BCUT2D eigenvalue weighted by Crippen LogP contribution is 2.07. The summed E-state index contributed by atoms with van der Waals surface area (Å²) in [4.78, 5) is 13.8. The van der Waals surface area contributed by atoms with E-state index in [0.717, 1.165) is 13.0 Å². The summed E-state index contributed by atoms with van der Waals surface area (Å²) in [6, 6.07) is -0.115. The summed E-state index contributed by atoms with van der Waals surface area (Å²) in [6.07, 6.45) is 0.981. The van der Waals surface area contributed by atoms with Crippen molar-refractivity contribution in [1.82, 2.24) is 4.90 Å². The van der Waals surface area contributed by atoms with E-state index in [1.165, 1.54) is 0 Å². The van der Waals surface area contributed by atoms with Crippen molar-refractivity contribution in [1.29, 1.82) is 0 Å². The topological polar surface area (TPSA) is 46.3 Å². The monoisotopic (exact) mass is 200 g/mol. The first-order chi connectivity index (χ1) is 6.41. The zero-order chi connectivity index (χ0) is 11.3. The zero-order valence-electron chi connectivity index (χ0n) is 10.1. The average Bonchev–Trinajstić information content (AvgIpc) is 2.11. The van der Waals surface area contributed by atoms with Gasteiger partial charge in [-0.25, -0.2) is 0 Å². The van der Waals surface area contributed by atoms with Crippen molar-refractivity contribution >= 4 is 5.91 Å². The highest BCUT2D eigenvalue weighted by molar-refractivity contribution is 5.82. The van der Waals surface area contributed by atoms with Gasteiger partial charge in [-0.3, -0.25) is 4.79 Å². The number of rotatable bonds is 5. The molecule has 0 saturated carbocycles. The van der Waals surface area contributed by atoms with Gasteiger partial charge in [-0.1, -0.05) is 20.8 Å². The van der Waals surface area contributed by atoms with E-state index in [0.29, 0.717) is 0 Å². The van der Waals surface area contributed by atoms with Crippen molar-refractivity contribution in [3.63, 3.8) is 0 Å². The van der Waals surface area contributed by atoms with Crippen LogP contribution in [0.15, 0.2) is 0 Å². The number of carbonyl (C=O) groups is 1. The minimum atomic E-state index is -0.357. The lowest BCUT2D eigenvalue weighted by Crippen LogP contribution is -2.49. The first kappa shape index (κ1) is 13.4. The van der Waals surface area contributed by atoms with Gasteiger partial charge in [0.25, 0.3) is 0 Å². The summed E-state index contributed by atoms with van der Waals surface area (Å²) in [5, 5.41) is 0. The van der Waals surface area contributed by atoms with Gasteiger partial charge in [-0.05, 0) is 26.2 Å². The molecule has 0 aromatic carbocycles. The van der Waals surface area contributed by atoms with Gasteiger partial charge in [-0.2, -0.15) is 0 Å². The number of carbonyl (C=O) groups excluding carboxylic acids is 1. The Labute approximate surface area is 87.6 Å². The van der Waals surface area contributed by atoms with Crippen molar-refractivity contribution in [3.8, 4) is 0 Å². The van der Waals surface area contributed by atoms with Gasteiger partial charge in [0.1, 0.15) is 0 Å². The molecule has 84 valence electrons. The van der Waals surface area contributed by atoms with Gasteiger partial charge in [-0.15, -0.1) is 0 Å². The molecule has 0 saturated heterocycles. The molecule has 0 aromatic heterocycles. The lowest BCUT2D eigenvalue weighted by Gasteiger charge is -2.30. The third-order valence-corrected chi connectivity index (χ3v) is 2.37. The summed E-state index contributed by atoms with van der Waals surface area (Å²) in [6.45, 7) is 10.9. The molecule has 0 spiro atoms. The number of hydrogen-bond donors (Lipinski definition) is 1. The Morgan fingerprint density at radius 1 is 1.29 bits per heavy atom. The minimum absolute atomic E-state index is 0.0804. The Morgan fingerprint density at radius 2 is 1.79 bits per heavy atom. The van der Waals surface area contributed by atoms with Gasteiger partial charge in [0.2, 0.25) is 5.91 Å². The number of hydrogen-bond acceptors (Lipinski definition) is 2.